The third-order valence-corrected chi connectivity index (χ3v) is 5.85. The highest BCUT2D eigenvalue weighted by molar-refractivity contribution is 6.42. The van der Waals surface area contributed by atoms with Crippen molar-refractivity contribution in [3.05, 3.63) is 63.4 Å². The van der Waals surface area contributed by atoms with Crippen LogP contribution in [0.15, 0.2) is 36.4 Å². The summed E-state index contributed by atoms with van der Waals surface area (Å²) >= 11 is 12.1. The van der Waals surface area contributed by atoms with E-state index in [1.165, 1.54) is 12.1 Å². The van der Waals surface area contributed by atoms with Crippen LogP contribution in [0.5, 0.6) is 0 Å². The Kier molecular flexibility index (Phi) is 4.85. The van der Waals surface area contributed by atoms with Gasteiger partial charge < -0.3 is 0 Å². The summed E-state index contributed by atoms with van der Waals surface area (Å²) < 4.78 is 44.0. The highest BCUT2D eigenvalue weighted by Crippen LogP contribution is 2.32. The summed E-state index contributed by atoms with van der Waals surface area (Å²) in [5, 5.41) is 0.908. The molecular formula is C20H18Cl2F3N2+. The molecule has 0 atom stereocenters. The molecule has 1 aliphatic heterocycles. The molecule has 0 saturated carbocycles. The first kappa shape index (κ1) is 18.6. The van der Waals surface area contributed by atoms with Gasteiger partial charge in [-0.15, -0.1) is 0 Å². The van der Waals surface area contributed by atoms with Gasteiger partial charge in [-0.2, -0.15) is 13.2 Å². The van der Waals surface area contributed by atoms with Crippen LogP contribution in [0, 0.1) is 0 Å². The largest absolute Gasteiger partial charge is 0.416 e. The van der Waals surface area contributed by atoms with E-state index in [4.69, 9.17) is 23.2 Å². The Morgan fingerprint density at radius 3 is 2.52 bits per heavy atom. The number of rotatable bonds is 2. The lowest BCUT2D eigenvalue weighted by Gasteiger charge is -2.07. The molecule has 7 heteroatoms. The lowest BCUT2D eigenvalue weighted by molar-refractivity contribution is -0.678. The predicted octanol–water partition coefficient (Wildman–Crippen LogP) is 6.03. The van der Waals surface area contributed by atoms with E-state index in [2.05, 4.69) is 4.57 Å². The minimum Gasteiger partial charge on any atom is -0.227 e. The van der Waals surface area contributed by atoms with Crippen LogP contribution < -0.4 is 4.57 Å². The molecule has 2 nitrogen and oxygen atoms in total. The van der Waals surface area contributed by atoms with Crippen molar-refractivity contribution in [3.63, 3.8) is 0 Å². The Morgan fingerprint density at radius 2 is 1.78 bits per heavy atom. The first-order valence-corrected chi connectivity index (χ1v) is 9.66. The van der Waals surface area contributed by atoms with E-state index in [0.29, 0.717) is 22.1 Å². The van der Waals surface area contributed by atoms with Gasteiger partial charge in [0, 0.05) is 12.5 Å². The number of imidazole rings is 1. The van der Waals surface area contributed by atoms with Crippen molar-refractivity contribution in [2.75, 3.05) is 0 Å². The molecule has 1 aromatic heterocycles. The molecule has 2 aromatic carbocycles. The fourth-order valence-corrected chi connectivity index (χ4v) is 4.13. The molecule has 0 saturated heterocycles. The number of fused-ring (bicyclic) bond motifs is 3. The fourth-order valence-electron chi connectivity index (χ4n) is 3.81. The van der Waals surface area contributed by atoms with Crippen molar-refractivity contribution in [3.8, 4) is 0 Å². The smallest absolute Gasteiger partial charge is 0.227 e. The van der Waals surface area contributed by atoms with Gasteiger partial charge in [-0.05, 0) is 49.1 Å². The Morgan fingerprint density at radius 1 is 0.963 bits per heavy atom. The summed E-state index contributed by atoms with van der Waals surface area (Å²) in [6.07, 6.45) is -0.336. The molecule has 0 bridgehead atoms. The number of benzene rings is 2. The molecule has 0 N–H and O–H groups in total. The standard InChI is InChI=1S/C20H18Cl2F3N2/c21-15-7-5-13(10-16(15)22)12-27-18-11-14(20(23,24)25)6-8-17(18)26-9-3-1-2-4-19(26)27/h5-8,10-11H,1-4,9,12H2/q+1. The monoisotopic (exact) mass is 413 g/mol. The average Bonchev–Trinajstić information content (AvgIpc) is 2.76. The first-order chi connectivity index (χ1) is 12.8. The van der Waals surface area contributed by atoms with Crippen molar-refractivity contribution in [1.82, 2.24) is 4.57 Å². The summed E-state index contributed by atoms with van der Waals surface area (Å²) in [7, 11) is 0. The van der Waals surface area contributed by atoms with Gasteiger partial charge in [0.15, 0.2) is 11.0 Å². The summed E-state index contributed by atoms with van der Waals surface area (Å²) in [6, 6.07) is 9.38. The van der Waals surface area contributed by atoms with Crippen LogP contribution >= 0.6 is 23.2 Å². The highest BCUT2D eigenvalue weighted by atomic mass is 35.5. The Bertz CT molecular complexity index is 1010. The van der Waals surface area contributed by atoms with Crippen LogP contribution in [0.1, 0.15) is 36.2 Å². The third kappa shape index (κ3) is 3.55. The van der Waals surface area contributed by atoms with Gasteiger partial charge in [-0.1, -0.05) is 29.3 Å². The van der Waals surface area contributed by atoms with Gasteiger partial charge in [-0.3, -0.25) is 0 Å². The topological polar surface area (TPSA) is 8.81 Å². The molecule has 0 radical (unpaired) electrons. The van der Waals surface area contributed by atoms with Crippen molar-refractivity contribution < 1.29 is 17.7 Å². The first-order valence-electron chi connectivity index (χ1n) is 8.90. The van der Waals surface area contributed by atoms with Crippen LogP contribution in [-0.2, 0) is 25.7 Å². The molecule has 142 valence electrons. The molecule has 2 heterocycles. The maximum absolute atomic E-state index is 13.3. The number of hydrogen-bond donors (Lipinski definition) is 0. The second-order valence-electron chi connectivity index (χ2n) is 6.91. The predicted molar refractivity (Wildman–Crippen MR) is 100 cm³/mol. The molecule has 0 spiro atoms. The Balaban J connectivity index is 1.90. The van der Waals surface area contributed by atoms with Gasteiger partial charge >= 0.3 is 6.18 Å². The lowest BCUT2D eigenvalue weighted by atomic mass is 10.1. The van der Waals surface area contributed by atoms with Crippen LogP contribution in [0.3, 0.4) is 0 Å². The van der Waals surface area contributed by atoms with Gasteiger partial charge in [0.2, 0.25) is 0 Å². The number of aromatic nitrogens is 2. The molecule has 0 amide bonds. The zero-order valence-electron chi connectivity index (χ0n) is 14.5. The second kappa shape index (κ2) is 7.02. The van der Waals surface area contributed by atoms with Crippen molar-refractivity contribution in [2.24, 2.45) is 0 Å². The van der Waals surface area contributed by atoms with E-state index in [-0.39, 0.29) is 0 Å². The van der Waals surface area contributed by atoms with Crippen LogP contribution in [0.4, 0.5) is 13.2 Å². The number of aryl methyl sites for hydroxylation is 1. The maximum Gasteiger partial charge on any atom is 0.416 e. The van der Waals surface area contributed by atoms with Gasteiger partial charge in [0.1, 0.15) is 6.54 Å². The zero-order valence-corrected chi connectivity index (χ0v) is 16.0. The van der Waals surface area contributed by atoms with E-state index >= 15 is 0 Å². The third-order valence-electron chi connectivity index (χ3n) is 5.11. The second-order valence-corrected chi connectivity index (χ2v) is 7.73. The SMILES string of the molecule is FC(F)(F)c1ccc2c(c1)n(Cc1ccc(Cl)c(Cl)c1)c1[n+]2CCCCC1. The maximum atomic E-state index is 13.3. The number of halogens is 5. The summed E-state index contributed by atoms with van der Waals surface area (Å²) in [5.74, 6) is 1.06. The molecule has 3 aromatic rings. The lowest BCUT2D eigenvalue weighted by Crippen LogP contribution is -2.37. The minimum absolute atomic E-state index is 0.445. The molecule has 0 aliphatic carbocycles. The van der Waals surface area contributed by atoms with Gasteiger partial charge in [-0.25, -0.2) is 9.13 Å². The summed E-state index contributed by atoms with van der Waals surface area (Å²) in [5.41, 5.74) is 1.73. The number of alkyl halides is 3. The number of hydrogen-bond acceptors (Lipinski definition) is 0. The zero-order chi connectivity index (χ0) is 19.2. The van der Waals surface area contributed by atoms with E-state index in [0.717, 1.165) is 49.1 Å². The average molecular weight is 414 g/mol. The van der Waals surface area contributed by atoms with Gasteiger partial charge in [0.25, 0.3) is 5.82 Å². The van der Waals surface area contributed by atoms with Crippen LogP contribution in [0.25, 0.3) is 11.0 Å². The molecule has 0 fully saturated rings. The van der Waals surface area contributed by atoms with Crippen molar-refractivity contribution >= 4 is 34.2 Å². The molecule has 1 aliphatic rings. The summed E-state index contributed by atoms with van der Waals surface area (Å²) in [4.78, 5) is 0. The summed E-state index contributed by atoms with van der Waals surface area (Å²) in [6.45, 7) is 1.28. The molecule has 27 heavy (non-hydrogen) atoms. The molecular weight excluding hydrogens is 396 g/mol. The van der Waals surface area contributed by atoms with E-state index < -0.39 is 11.7 Å². The van der Waals surface area contributed by atoms with Gasteiger partial charge in [0.05, 0.1) is 22.2 Å². The van der Waals surface area contributed by atoms with Crippen LogP contribution in [0.2, 0.25) is 10.0 Å². The van der Waals surface area contributed by atoms with Crippen molar-refractivity contribution in [2.45, 2.75) is 44.9 Å². The van der Waals surface area contributed by atoms with E-state index in [9.17, 15) is 13.2 Å². The van der Waals surface area contributed by atoms with Crippen LogP contribution in [-0.4, -0.2) is 4.57 Å². The molecule has 4 rings (SSSR count). The number of nitrogens with zero attached hydrogens (tertiary/aromatic N) is 2. The Hall–Kier alpha value is -1.72. The molecule has 0 unspecified atom stereocenters. The normalized spacial score (nSPS) is 15.0. The minimum atomic E-state index is -4.37. The van der Waals surface area contributed by atoms with E-state index in [1.54, 1.807) is 18.2 Å². The quantitative estimate of drug-likeness (QED) is 0.453. The van der Waals surface area contributed by atoms with Crippen molar-refractivity contribution in [1.29, 1.82) is 0 Å². The fraction of sp³-hybridized carbons (Fsp3) is 0.350. The Labute approximate surface area is 165 Å². The van der Waals surface area contributed by atoms with E-state index in [1.807, 2.05) is 10.6 Å². The highest BCUT2D eigenvalue weighted by Gasteiger charge is 2.34.